The molecule has 0 saturated carbocycles. The van der Waals surface area contributed by atoms with Crippen molar-refractivity contribution in [2.75, 3.05) is 25.5 Å². The van der Waals surface area contributed by atoms with Gasteiger partial charge in [-0.05, 0) is 55.3 Å². The van der Waals surface area contributed by atoms with Crippen LogP contribution < -0.4 is 19.5 Å². The fraction of sp³-hybridized carbons (Fsp3) is 0.208. The monoisotopic (exact) mass is 454 g/mol. The molecule has 168 valence electrons. The Hall–Kier alpha value is -3.52. The molecule has 1 amide bonds. The van der Waals surface area contributed by atoms with Gasteiger partial charge in [0.15, 0.2) is 11.5 Å². The third-order valence-corrected chi connectivity index (χ3v) is 6.28. The van der Waals surface area contributed by atoms with Crippen molar-refractivity contribution in [3.05, 3.63) is 83.4 Å². The van der Waals surface area contributed by atoms with Crippen molar-refractivity contribution in [3.63, 3.8) is 0 Å². The van der Waals surface area contributed by atoms with Gasteiger partial charge in [-0.3, -0.25) is 9.52 Å². The maximum atomic E-state index is 12.8. The van der Waals surface area contributed by atoms with Gasteiger partial charge in [-0.15, -0.1) is 0 Å². The third-order valence-electron chi connectivity index (χ3n) is 4.89. The van der Waals surface area contributed by atoms with Gasteiger partial charge in [0.05, 0.1) is 30.4 Å². The second-order valence-electron chi connectivity index (χ2n) is 7.16. The predicted molar refractivity (Wildman–Crippen MR) is 124 cm³/mol. The molecule has 0 bridgehead atoms. The van der Waals surface area contributed by atoms with Crippen LogP contribution >= 0.6 is 0 Å². The molecule has 0 unspecified atom stereocenters. The van der Waals surface area contributed by atoms with Crippen LogP contribution in [0.3, 0.4) is 0 Å². The first-order valence-corrected chi connectivity index (χ1v) is 11.5. The fourth-order valence-corrected chi connectivity index (χ4v) is 4.22. The Kier molecular flexibility index (Phi) is 7.37. The van der Waals surface area contributed by atoms with Crippen molar-refractivity contribution in [2.24, 2.45) is 0 Å². The number of ether oxygens (including phenoxy) is 2. The quantitative estimate of drug-likeness (QED) is 0.513. The predicted octanol–water partition coefficient (Wildman–Crippen LogP) is 3.79. The molecule has 0 heterocycles. The summed E-state index contributed by atoms with van der Waals surface area (Å²) in [4.78, 5) is 12.9. The molecule has 3 aromatic carbocycles. The van der Waals surface area contributed by atoms with Crippen molar-refractivity contribution in [2.45, 2.75) is 18.2 Å². The Morgan fingerprint density at radius 3 is 2.28 bits per heavy atom. The Labute approximate surface area is 188 Å². The first kappa shape index (κ1) is 23.1. The highest BCUT2D eigenvalue weighted by Crippen LogP contribution is 2.27. The zero-order valence-corrected chi connectivity index (χ0v) is 19.0. The summed E-state index contributed by atoms with van der Waals surface area (Å²) in [5, 5.41) is 2.84. The molecule has 0 aliphatic carbocycles. The van der Waals surface area contributed by atoms with Crippen LogP contribution in [0.2, 0.25) is 0 Å². The highest BCUT2D eigenvalue weighted by molar-refractivity contribution is 7.92. The van der Waals surface area contributed by atoms with Gasteiger partial charge in [0, 0.05) is 6.54 Å². The smallest absolute Gasteiger partial charge is 0.261 e. The van der Waals surface area contributed by atoms with E-state index >= 15 is 0 Å². The normalized spacial score (nSPS) is 11.0. The average Bonchev–Trinajstić information content (AvgIpc) is 2.79. The number of sulfonamides is 1. The van der Waals surface area contributed by atoms with Crippen molar-refractivity contribution >= 4 is 21.6 Å². The zero-order valence-electron chi connectivity index (χ0n) is 18.2. The number of carbonyl (C=O) groups excluding carboxylic acids is 1. The highest BCUT2D eigenvalue weighted by Gasteiger charge is 2.18. The number of nitrogens with one attached hydrogen (secondary N) is 2. The van der Waals surface area contributed by atoms with Crippen molar-refractivity contribution in [1.29, 1.82) is 0 Å². The molecule has 3 rings (SSSR count). The molecule has 3 aromatic rings. The number of benzene rings is 3. The Morgan fingerprint density at radius 2 is 1.59 bits per heavy atom. The average molecular weight is 455 g/mol. The van der Waals surface area contributed by atoms with Gasteiger partial charge >= 0.3 is 0 Å². The van der Waals surface area contributed by atoms with Crippen LogP contribution in [0.4, 0.5) is 5.69 Å². The molecule has 0 aliphatic rings. The minimum absolute atomic E-state index is 0.131. The van der Waals surface area contributed by atoms with Gasteiger partial charge in [-0.1, -0.05) is 35.9 Å². The van der Waals surface area contributed by atoms with Gasteiger partial charge in [0.1, 0.15) is 0 Å². The van der Waals surface area contributed by atoms with E-state index in [0.29, 0.717) is 24.5 Å². The largest absolute Gasteiger partial charge is 0.493 e. The molecule has 0 aliphatic heterocycles. The number of rotatable bonds is 9. The molecule has 8 heteroatoms. The molecule has 32 heavy (non-hydrogen) atoms. The summed E-state index contributed by atoms with van der Waals surface area (Å²) in [5.74, 6) is 0.884. The van der Waals surface area contributed by atoms with Crippen molar-refractivity contribution in [1.82, 2.24) is 5.32 Å². The molecule has 0 spiro atoms. The molecule has 7 nitrogen and oxygen atoms in total. The Balaban J connectivity index is 1.68. The summed E-state index contributed by atoms with van der Waals surface area (Å²) in [6.07, 6.45) is 0.573. The summed E-state index contributed by atoms with van der Waals surface area (Å²) in [7, 11) is -0.681. The lowest BCUT2D eigenvalue weighted by atomic mass is 10.1. The molecular formula is C24H26N2O5S. The van der Waals surface area contributed by atoms with Crippen LogP contribution in [0, 0.1) is 6.92 Å². The van der Waals surface area contributed by atoms with E-state index in [2.05, 4.69) is 10.0 Å². The molecule has 0 saturated heterocycles. The Bertz CT molecular complexity index is 1190. The van der Waals surface area contributed by atoms with Gasteiger partial charge in [-0.25, -0.2) is 8.42 Å². The molecule has 0 aromatic heterocycles. The van der Waals surface area contributed by atoms with Crippen LogP contribution in [0.15, 0.2) is 71.6 Å². The van der Waals surface area contributed by atoms with Crippen LogP contribution in [0.25, 0.3) is 0 Å². The number of anilines is 1. The number of hydrogen-bond donors (Lipinski definition) is 2. The first-order valence-electron chi connectivity index (χ1n) is 10.0. The second kappa shape index (κ2) is 10.2. The van der Waals surface area contributed by atoms with E-state index in [1.54, 1.807) is 50.6 Å². The lowest BCUT2D eigenvalue weighted by Gasteiger charge is -2.13. The number of hydrogen-bond acceptors (Lipinski definition) is 5. The lowest BCUT2D eigenvalue weighted by Crippen LogP contribution is -2.27. The maximum Gasteiger partial charge on any atom is 0.261 e. The van der Waals surface area contributed by atoms with E-state index in [-0.39, 0.29) is 22.1 Å². The SMILES string of the molecule is COc1ccc(CCNC(=O)c2ccccc2NS(=O)(=O)c2ccc(C)cc2)cc1OC. The minimum atomic E-state index is -3.82. The van der Waals surface area contributed by atoms with Gasteiger partial charge in [0.25, 0.3) is 15.9 Å². The summed E-state index contributed by atoms with van der Waals surface area (Å²) in [5.41, 5.74) is 2.39. The molecule has 0 atom stereocenters. The topological polar surface area (TPSA) is 93.7 Å². The number of aryl methyl sites for hydroxylation is 1. The van der Waals surface area contributed by atoms with Crippen LogP contribution in [-0.2, 0) is 16.4 Å². The van der Waals surface area contributed by atoms with Crippen molar-refractivity contribution < 1.29 is 22.7 Å². The zero-order chi connectivity index (χ0) is 23.1. The number of carbonyl (C=O) groups is 1. The van der Waals surface area contributed by atoms with Gasteiger partial charge < -0.3 is 14.8 Å². The fourth-order valence-electron chi connectivity index (χ4n) is 3.14. The van der Waals surface area contributed by atoms with Crippen LogP contribution in [0.1, 0.15) is 21.5 Å². The third kappa shape index (κ3) is 5.59. The van der Waals surface area contributed by atoms with E-state index in [1.807, 2.05) is 25.1 Å². The first-order chi connectivity index (χ1) is 15.3. The summed E-state index contributed by atoms with van der Waals surface area (Å²) in [6, 6.07) is 18.6. The molecule has 0 fully saturated rings. The van der Waals surface area contributed by atoms with Crippen molar-refractivity contribution in [3.8, 4) is 11.5 Å². The van der Waals surface area contributed by atoms with E-state index in [9.17, 15) is 13.2 Å². The molecule has 0 radical (unpaired) electrons. The Morgan fingerprint density at radius 1 is 0.906 bits per heavy atom. The number of amides is 1. The number of methoxy groups -OCH3 is 2. The van der Waals surface area contributed by atoms with Crippen LogP contribution in [0.5, 0.6) is 11.5 Å². The maximum absolute atomic E-state index is 12.8. The molecular weight excluding hydrogens is 428 g/mol. The van der Waals surface area contributed by atoms with E-state index < -0.39 is 10.0 Å². The molecule has 2 N–H and O–H groups in total. The minimum Gasteiger partial charge on any atom is -0.493 e. The highest BCUT2D eigenvalue weighted by atomic mass is 32.2. The standard InChI is InChI=1S/C24H26N2O5S/c1-17-8-11-19(12-9-17)32(28,29)26-21-7-5-4-6-20(21)24(27)25-15-14-18-10-13-22(30-2)23(16-18)31-3/h4-13,16,26H,14-15H2,1-3H3,(H,25,27). The summed E-state index contributed by atoms with van der Waals surface area (Å²) in [6.45, 7) is 2.25. The van der Waals surface area contributed by atoms with E-state index in [4.69, 9.17) is 9.47 Å². The van der Waals surface area contributed by atoms with Crippen LogP contribution in [-0.4, -0.2) is 35.1 Å². The summed E-state index contributed by atoms with van der Waals surface area (Å²) < 4.78 is 38.5. The van der Waals surface area contributed by atoms with Gasteiger partial charge in [0.2, 0.25) is 0 Å². The van der Waals surface area contributed by atoms with E-state index in [0.717, 1.165) is 11.1 Å². The van der Waals surface area contributed by atoms with Gasteiger partial charge in [-0.2, -0.15) is 0 Å². The second-order valence-corrected chi connectivity index (χ2v) is 8.84. The lowest BCUT2D eigenvalue weighted by molar-refractivity contribution is 0.0955. The number of para-hydroxylation sites is 1. The summed E-state index contributed by atoms with van der Waals surface area (Å²) >= 11 is 0. The van der Waals surface area contributed by atoms with E-state index in [1.165, 1.54) is 12.1 Å².